The minimum atomic E-state index is -0.380. The third-order valence-corrected chi connectivity index (χ3v) is 3.29. The number of hydrogen-bond donors (Lipinski definition) is 1. The van der Waals surface area contributed by atoms with E-state index in [1.165, 1.54) is 6.07 Å². The van der Waals surface area contributed by atoms with Crippen molar-refractivity contribution in [1.82, 2.24) is 4.98 Å². The Labute approximate surface area is 103 Å². The van der Waals surface area contributed by atoms with E-state index >= 15 is 0 Å². The number of halogens is 1. The van der Waals surface area contributed by atoms with E-state index in [4.69, 9.17) is 9.52 Å². The predicted molar refractivity (Wildman–Crippen MR) is 62.4 cm³/mol. The van der Waals surface area contributed by atoms with Crippen LogP contribution in [-0.4, -0.2) is 10.1 Å². The number of oxazole rings is 1. The van der Waals surface area contributed by atoms with Crippen LogP contribution in [0.1, 0.15) is 17.0 Å². The summed E-state index contributed by atoms with van der Waals surface area (Å²) in [6.07, 6.45) is 0. The van der Waals surface area contributed by atoms with Crippen molar-refractivity contribution in [3.63, 3.8) is 0 Å². The van der Waals surface area contributed by atoms with Crippen molar-refractivity contribution in [2.75, 3.05) is 0 Å². The summed E-state index contributed by atoms with van der Waals surface area (Å²) >= 11 is 1.13. The van der Waals surface area contributed by atoms with E-state index in [2.05, 4.69) is 4.98 Å². The fourth-order valence-electron chi connectivity index (χ4n) is 1.31. The maximum atomic E-state index is 13.6. The zero-order chi connectivity index (χ0) is 12.4. The first-order chi connectivity index (χ1) is 8.10. The molecule has 2 aromatic rings. The smallest absolute Gasteiger partial charge is 0.261 e. The maximum Gasteiger partial charge on any atom is 0.261 e. The molecule has 0 aliphatic carbocycles. The van der Waals surface area contributed by atoms with Crippen molar-refractivity contribution < 1.29 is 13.9 Å². The molecule has 17 heavy (non-hydrogen) atoms. The summed E-state index contributed by atoms with van der Waals surface area (Å²) in [7, 11) is 0. The second kappa shape index (κ2) is 4.89. The molecule has 90 valence electrons. The van der Waals surface area contributed by atoms with Crippen molar-refractivity contribution in [3.8, 4) is 0 Å². The number of aryl methyl sites for hydroxylation is 2. The molecule has 2 rings (SSSR count). The third-order valence-electron chi connectivity index (χ3n) is 2.39. The maximum absolute atomic E-state index is 13.6. The molecule has 0 aliphatic rings. The van der Waals surface area contributed by atoms with Crippen LogP contribution in [0.25, 0.3) is 0 Å². The molecule has 3 nitrogen and oxygen atoms in total. The number of rotatable bonds is 3. The van der Waals surface area contributed by atoms with E-state index in [1.54, 1.807) is 12.1 Å². The molecule has 0 radical (unpaired) electrons. The summed E-state index contributed by atoms with van der Waals surface area (Å²) in [4.78, 5) is 4.60. The van der Waals surface area contributed by atoms with E-state index in [0.717, 1.165) is 23.2 Å². The Hall–Kier alpha value is -1.33. The quantitative estimate of drug-likeness (QED) is 0.913. The Kier molecular flexibility index (Phi) is 3.49. The van der Waals surface area contributed by atoms with Gasteiger partial charge in [0.05, 0.1) is 17.2 Å². The Morgan fingerprint density at radius 1 is 1.41 bits per heavy atom. The van der Waals surface area contributed by atoms with E-state index in [-0.39, 0.29) is 12.4 Å². The lowest BCUT2D eigenvalue weighted by molar-refractivity contribution is 0.281. The molecule has 0 bridgehead atoms. The summed E-state index contributed by atoms with van der Waals surface area (Å²) in [6, 6.07) is 4.60. The van der Waals surface area contributed by atoms with Crippen molar-refractivity contribution in [3.05, 3.63) is 41.0 Å². The number of aromatic nitrogens is 1. The second-order valence-electron chi connectivity index (χ2n) is 3.65. The van der Waals surface area contributed by atoms with Crippen LogP contribution in [0, 0.1) is 19.7 Å². The molecule has 0 unspecified atom stereocenters. The Morgan fingerprint density at radius 2 is 2.18 bits per heavy atom. The van der Waals surface area contributed by atoms with Crippen molar-refractivity contribution in [2.24, 2.45) is 0 Å². The average Bonchev–Trinajstić information content (AvgIpc) is 2.61. The molecule has 1 N–H and O–H groups in total. The number of aliphatic hydroxyl groups is 1. The number of nitrogens with zero attached hydrogens (tertiary/aromatic N) is 1. The van der Waals surface area contributed by atoms with Gasteiger partial charge in [-0.3, -0.25) is 0 Å². The highest BCUT2D eigenvalue weighted by Crippen LogP contribution is 2.30. The molecule has 0 saturated carbocycles. The van der Waals surface area contributed by atoms with Crippen LogP contribution in [0.4, 0.5) is 4.39 Å². The molecule has 0 saturated heterocycles. The van der Waals surface area contributed by atoms with Gasteiger partial charge in [0, 0.05) is 0 Å². The van der Waals surface area contributed by atoms with Crippen LogP contribution >= 0.6 is 11.8 Å². The van der Waals surface area contributed by atoms with Gasteiger partial charge in [0.2, 0.25) is 0 Å². The van der Waals surface area contributed by atoms with Gasteiger partial charge < -0.3 is 9.52 Å². The number of hydrogen-bond acceptors (Lipinski definition) is 4. The van der Waals surface area contributed by atoms with Crippen LogP contribution in [0.3, 0.4) is 0 Å². The van der Waals surface area contributed by atoms with E-state index < -0.39 is 0 Å². The van der Waals surface area contributed by atoms with Gasteiger partial charge in [-0.1, -0.05) is 6.07 Å². The van der Waals surface area contributed by atoms with Gasteiger partial charge in [0.25, 0.3) is 5.22 Å². The lowest BCUT2D eigenvalue weighted by Crippen LogP contribution is -1.87. The molecule has 0 spiro atoms. The molecule has 1 aromatic carbocycles. The van der Waals surface area contributed by atoms with Gasteiger partial charge in [0.15, 0.2) is 0 Å². The highest BCUT2D eigenvalue weighted by Gasteiger charge is 2.11. The predicted octanol–water partition coefficient (Wildman–Crippen LogP) is 3.07. The molecule has 1 aromatic heterocycles. The Balaban J connectivity index is 2.24. The van der Waals surface area contributed by atoms with E-state index in [0.29, 0.717) is 15.7 Å². The molecule has 0 aliphatic heterocycles. The normalized spacial score (nSPS) is 10.8. The fourth-order valence-corrected chi connectivity index (χ4v) is 2.14. The molecule has 5 heteroatoms. The number of aliphatic hydroxyl groups excluding tert-OH is 1. The lowest BCUT2D eigenvalue weighted by Gasteiger charge is -2.01. The second-order valence-corrected chi connectivity index (χ2v) is 4.64. The van der Waals surface area contributed by atoms with Gasteiger partial charge in [-0.25, -0.2) is 9.37 Å². The van der Waals surface area contributed by atoms with Crippen LogP contribution in [-0.2, 0) is 6.61 Å². The first-order valence-electron chi connectivity index (χ1n) is 5.11. The fraction of sp³-hybridized carbons (Fsp3) is 0.250. The molecular formula is C12H12FNO2S. The van der Waals surface area contributed by atoms with Gasteiger partial charge in [-0.2, -0.15) is 0 Å². The molecule has 1 heterocycles. The van der Waals surface area contributed by atoms with Crippen LogP contribution in [0.5, 0.6) is 0 Å². The van der Waals surface area contributed by atoms with Gasteiger partial charge in [-0.05, 0) is 43.3 Å². The van der Waals surface area contributed by atoms with Crippen molar-refractivity contribution >= 4 is 11.8 Å². The lowest BCUT2D eigenvalue weighted by atomic mass is 10.2. The van der Waals surface area contributed by atoms with Crippen LogP contribution in [0.15, 0.2) is 32.7 Å². The molecule has 0 fully saturated rings. The molecular weight excluding hydrogens is 241 g/mol. The monoisotopic (exact) mass is 253 g/mol. The van der Waals surface area contributed by atoms with Crippen molar-refractivity contribution in [2.45, 2.75) is 30.6 Å². The summed E-state index contributed by atoms with van der Waals surface area (Å²) < 4.78 is 19.0. The third kappa shape index (κ3) is 2.68. The van der Waals surface area contributed by atoms with Crippen LogP contribution in [0.2, 0.25) is 0 Å². The average molecular weight is 253 g/mol. The first kappa shape index (κ1) is 12.1. The first-order valence-corrected chi connectivity index (χ1v) is 5.93. The highest BCUT2D eigenvalue weighted by molar-refractivity contribution is 7.99. The van der Waals surface area contributed by atoms with Crippen LogP contribution < -0.4 is 0 Å². The zero-order valence-corrected chi connectivity index (χ0v) is 10.3. The minimum absolute atomic E-state index is 0.168. The largest absolute Gasteiger partial charge is 0.436 e. The standard InChI is InChI=1S/C12H12FNO2S/c1-7-8(2)16-12(14-7)17-11-4-3-9(6-15)5-10(11)13/h3-5,15H,6H2,1-2H3. The number of benzene rings is 1. The zero-order valence-electron chi connectivity index (χ0n) is 9.53. The van der Waals surface area contributed by atoms with Gasteiger partial charge in [-0.15, -0.1) is 0 Å². The van der Waals surface area contributed by atoms with Crippen molar-refractivity contribution in [1.29, 1.82) is 0 Å². The summed E-state index contributed by atoms with van der Waals surface area (Å²) in [5, 5.41) is 9.30. The Bertz CT molecular complexity index is 520. The van der Waals surface area contributed by atoms with Gasteiger partial charge in [0.1, 0.15) is 11.6 Å². The van der Waals surface area contributed by atoms with E-state index in [9.17, 15) is 4.39 Å². The SMILES string of the molecule is Cc1nc(Sc2ccc(CO)cc2F)oc1C. The topological polar surface area (TPSA) is 46.3 Å². The summed E-state index contributed by atoms with van der Waals surface area (Å²) in [5.74, 6) is 0.356. The van der Waals surface area contributed by atoms with Gasteiger partial charge >= 0.3 is 0 Å². The molecule has 0 atom stereocenters. The highest BCUT2D eigenvalue weighted by atomic mass is 32.2. The summed E-state index contributed by atoms with van der Waals surface area (Å²) in [5.41, 5.74) is 1.35. The summed E-state index contributed by atoms with van der Waals surface area (Å²) in [6.45, 7) is 3.49. The van der Waals surface area contributed by atoms with E-state index in [1.807, 2.05) is 13.8 Å². The molecule has 0 amide bonds. The Morgan fingerprint density at radius 3 is 2.71 bits per heavy atom. The minimum Gasteiger partial charge on any atom is -0.436 e.